The number of rotatable bonds is 3. The van der Waals surface area contributed by atoms with Crippen LogP contribution in [0.2, 0.25) is 5.02 Å². The fraction of sp³-hybridized carbons (Fsp3) is 0.333. The summed E-state index contributed by atoms with van der Waals surface area (Å²) < 4.78 is 24.9. The van der Waals surface area contributed by atoms with Crippen molar-refractivity contribution in [2.45, 2.75) is 18.9 Å². The second-order valence-corrected chi connectivity index (χ2v) is 4.22. The van der Waals surface area contributed by atoms with Crippen molar-refractivity contribution in [1.82, 2.24) is 0 Å². The van der Waals surface area contributed by atoms with Crippen LogP contribution >= 0.6 is 27.5 Å². The predicted octanol–water partition coefficient (Wildman–Crippen LogP) is 3.76. The van der Waals surface area contributed by atoms with Crippen LogP contribution in [0.4, 0.5) is 8.78 Å². The lowest BCUT2D eigenvalue weighted by atomic mass is 10.1. The Balaban J connectivity index is 2.88. The lowest BCUT2D eigenvalue weighted by molar-refractivity contribution is 0.128. The SMILES string of the molecule is N[C@@H](CC(F)F)c1cc(Br)ccc1Cl. The maximum Gasteiger partial charge on any atom is 0.240 e. The summed E-state index contributed by atoms with van der Waals surface area (Å²) in [5, 5.41) is 0.418. The Hall–Kier alpha value is -0.190. The summed E-state index contributed by atoms with van der Waals surface area (Å²) in [6, 6.07) is 4.31. The van der Waals surface area contributed by atoms with Gasteiger partial charge in [0.2, 0.25) is 6.43 Å². The molecule has 0 aliphatic heterocycles. The van der Waals surface area contributed by atoms with Crippen molar-refractivity contribution in [3.8, 4) is 0 Å². The Morgan fingerprint density at radius 2 is 2.07 bits per heavy atom. The number of hydrogen-bond donors (Lipinski definition) is 1. The molecule has 0 saturated heterocycles. The van der Waals surface area contributed by atoms with Crippen molar-refractivity contribution in [2.24, 2.45) is 5.73 Å². The molecule has 0 aromatic heterocycles. The van der Waals surface area contributed by atoms with E-state index < -0.39 is 12.5 Å². The highest BCUT2D eigenvalue weighted by atomic mass is 79.9. The van der Waals surface area contributed by atoms with Crippen molar-refractivity contribution in [3.05, 3.63) is 33.3 Å². The van der Waals surface area contributed by atoms with E-state index in [4.69, 9.17) is 17.3 Å². The Morgan fingerprint density at radius 1 is 1.43 bits per heavy atom. The van der Waals surface area contributed by atoms with Crippen molar-refractivity contribution in [3.63, 3.8) is 0 Å². The van der Waals surface area contributed by atoms with Crippen molar-refractivity contribution in [2.75, 3.05) is 0 Å². The molecule has 0 unspecified atom stereocenters. The second-order valence-electron chi connectivity index (χ2n) is 2.90. The molecular formula is C9H9BrClF2N. The van der Waals surface area contributed by atoms with Crippen LogP contribution in [-0.4, -0.2) is 6.43 Å². The molecule has 2 N–H and O–H groups in total. The number of halogens is 4. The monoisotopic (exact) mass is 283 g/mol. The van der Waals surface area contributed by atoms with Crippen LogP contribution in [0.5, 0.6) is 0 Å². The summed E-state index contributed by atoms with van der Waals surface area (Å²) in [4.78, 5) is 0. The molecule has 0 amide bonds. The van der Waals surface area contributed by atoms with Gasteiger partial charge in [-0.1, -0.05) is 27.5 Å². The van der Waals surface area contributed by atoms with Crippen molar-refractivity contribution < 1.29 is 8.78 Å². The first-order chi connectivity index (χ1) is 6.50. The number of hydrogen-bond acceptors (Lipinski definition) is 1. The molecule has 0 radical (unpaired) electrons. The first kappa shape index (κ1) is 11.9. The smallest absolute Gasteiger partial charge is 0.240 e. The van der Waals surface area contributed by atoms with Gasteiger partial charge >= 0.3 is 0 Å². The molecule has 1 rings (SSSR count). The van der Waals surface area contributed by atoms with Gasteiger partial charge < -0.3 is 5.73 Å². The Kier molecular flexibility index (Phi) is 4.29. The van der Waals surface area contributed by atoms with Gasteiger partial charge in [-0.2, -0.15) is 0 Å². The van der Waals surface area contributed by atoms with Gasteiger partial charge in [-0.3, -0.25) is 0 Å². The van der Waals surface area contributed by atoms with E-state index in [0.29, 0.717) is 10.6 Å². The fourth-order valence-corrected chi connectivity index (χ4v) is 1.75. The van der Waals surface area contributed by atoms with Crippen LogP contribution in [0.3, 0.4) is 0 Å². The molecule has 14 heavy (non-hydrogen) atoms. The average molecular weight is 285 g/mol. The van der Waals surface area contributed by atoms with E-state index in [1.807, 2.05) is 0 Å². The lowest BCUT2D eigenvalue weighted by Gasteiger charge is -2.13. The normalized spacial score (nSPS) is 13.3. The number of benzene rings is 1. The fourth-order valence-electron chi connectivity index (χ4n) is 1.12. The minimum absolute atomic E-state index is 0.379. The molecule has 1 aromatic carbocycles. The largest absolute Gasteiger partial charge is 0.324 e. The van der Waals surface area contributed by atoms with E-state index in [1.54, 1.807) is 18.2 Å². The summed E-state index contributed by atoms with van der Waals surface area (Å²) in [7, 11) is 0. The van der Waals surface area contributed by atoms with Crippen LogP contribution in [0.1, 0.15) is 18.0 Å². The highest BCUT2D eigenvalue weighted by Crippen LogP contribution is 2.28. The zero-order valence-corrected chi connectivity index (χ0v) is 9.52. The standard InChI is InChI=1S/C9H9BrClF2N/c10-5-1-2-7(11)6(3-5)8(14)4-9(12)13/h1-3,8-9H,4,14H2/t8-/m0/s1. The number of alkyl halides is 2. The molecule has 1 atom stereocenters. The molecule has 1 nitrogen and oxygen atoms in total. The summed E-state index contributed by atoms with van der Waals surface area (Å²) in [5.41, 5.74) is 6.12. The zero-order valence-electron chi connectivity index (χ0n) is 7.18. The summed E-state index contributed by atoms with van der Waals surface area (Å²) >= 11 is 9.06. The molecule has 0 saturated carbocycles. The van der Waals surface area contributed by atoms with E-state index in [9.17, 15) is 8.78 Å². The highest BCUT2D eigenvalue weighted by Gasteiger charge is 2.15. The second kappa shape index (κ2) is 5.05. The quantitative estimate of drug-likeness (QED) is 0.898. The van der Waals surface area contributed by atoms with Gasteiger partial charge in [0, 0.05) is 22.0 Å². The zero-order chi connectivity index (χ0) is 10.7. The van der Waals surface area contributed by atoms with Gasteiger partial charge in [0.25, 0.3) is 0 Å². The van der Waals surface area contributed by atoms with Gasteiger partial charge in [-0.25, -0.2) is 8.78 Å². The van der Waals surface area contributed by atoms with Gasteiger partial charge in [0.05, 0.1) is 0 Å². The van der Waals surface area contributed by atoms with Crippen LogP contribution in [-0.2, 0) is 0 Å². The van der Waals surface area contributed by atoms with E-state index >= 15 is 0 Å². The van der Waals surface area contributed by atoms with E-state index in [1.165, 1.54) is 0 Å². The lowest BCUT2D eigenvalue weighted by Crippen LogP contribution is -2.14. The summed E-state index contributed by atoms with van der Waals surface area (Å²) in [6.45, 7) is 0. The van der Waals surface area contributed by atoms with Gasteiger partial charge in [-0.05, 0) is 23.8 Å². The molecule has 5 heteroatoms. The molecule has 78 valence electrons. The summed E-state index contributed by atoms with van der Waals surface area (Å²) in [6.07, 6.45) is -2.80. The topological polar surface area (TPSA) is 26.0 Å². The Morgan fingerprint density at radius 3 is 2.64 bits per heavy atom. The third-order valence-electron chi connectivity index (χ3n) is 1.79. The van der Waals surface area contributed by atoms with Crippen LogP contribution < -0.4 is 5.73 Å². The Labute approximate surface area is 94.4 Å². The minimum atomic E-state index is -2.42. The maximum absolute atomic E-state index is 12.1. The molecule has 0 heterocycles. The van der Waals surface area contributed by atoms with E-state index in [-0.39, 0.29) is 6.42 Å². The van der Waals surface area contributed by atoms with Gasteiger partial charge in [-0.15, -0.1) is 0 Å². The molecule has 0 spiro atoms. The van der Waals surface area contributed by atoms with Crippen molar-refractivity contribution in [1.29, 1.82) is 0 Å². The van der Waals surface area contributed by atoms with E-state index in [2.05, 4.69) is 15.9 Å². The first-order valence-corrected chi connectivity index (χ1v) is 5.16. The molecular weight excluding hydrogens is 275 g/mol. The number of nitrogens with two attached hydrogens (primary N) is 1. The van der Waals surface area contributed by atoms with E-state index in [0.717, 1.165) is 4.47 Å². The van der Waals surface area contributed by atoms with Crippen LogP contribution in [0.25, 0.3) is 0 Å². The molecule has 1 aromatic rings. The average Bonchev–Trinajstić information content (AvgIpc) is 2.08. The summed E-state index contributed by atoms with van der Waals surface area (Å²) in [5.74, 6) is 0. The van der Waals surface area contributed by atoms with Crippen LogP contribution in [0, 0.1) is 0 Å². The first-order valence-electron chi connectivity index (χ1n) is 3.99. The molecule has 0 bridgehead atoms. The van der Waals surface area contributed by atoms with Crippen LogP contribution in [0.15, 0.2) is 22.7 Å². The highest BCUT2D eigenvalue weighted by molar-refractivity contribution is 9.10. The maximum atomic E-state index is 12.1. The third-order valence-corrected chi connectivity index (χ3v) is 2.63. The molecule has 0 fully saturated rings. The Bertz CT molecular complexity index is 320. The van der Waals surface area contributed by atoms with Gasteiger partial charge in [0.1, 0.15) is 0 Å². The van der Waals surface area contributed by atoms with Gasteiger partial charge in [0.15, 0.2) is 0 Å². The minimum Gasteiger partial charge on any atom is -0.324 e. The molecule has 0 aliphatic rings. The van der Waals surface area contributed by atoms with Crippen molar-refractivity contribution >= 4 is 27.5 Å². The predicted molar refractivity (Wildman–Crippen MR) is 56.7 cm³/mol. The third kappa shape index (κ3) is 3.19. The molecule has 0 aliphatic carbocycles.